The number of likely N-dealkylation sites (tertiary alicyclic amines) is 1. The third-order valence-corrected chi connectivity index (χ3v) is 3.95. The van der Waals surface area contributed by atoms with E-state index in [0.29, 0.717) is 5.91 Å². The highest BCUT2D eigenvalue weighted by Gasteiger charge is 2.27. The minimum atomic E-state index is -0.222. The monoisotopic (exact) mass is 256 g/mol. The number of aliphatic hydroxyl groups is 1. The number of hydrogen-bond donors (Lipinski definition) is 1. The Balaban J connectivity index is 2.36. The van der Waals surface area contributed by atoms with Gasteiger partial charge in [-0.25, -0.2) is 0 Å². The van der Waals surface area contributed by atoms with E-state index in [1.807, 2.05) is 25.7 Å². The molecule has 1 heterocycles. The molecule has 0 saturated carbocycles. The Morgan fingerprint density at radius 1 is 1.28 bits per heavy atom. The highest BCUT2D eigenvalue weighted by atomic mass is 16.3. The second-order valence-electron chi connectivity index (χ2n) is 5.15. The number of hydrogen-bond acceptors (Lipinski definition) is 3. The number of piperidine rings is 1. The molecule has 1 N–H and O–H groups in total. The molecule has 1 rings (SSSR count). The predicted molar refractivity (Wildman–Crippen MR) is 73.4 cm³/mol. The van der Waals surface area contributed by atoms with Crippen molar-refractivity contribution in [3.8, 4) is 0 Å². The smallest absolute Gasteiger partial charge is 0.225 e. The van der Waals surface area contributed by atoms with Gasteiger partial charge in [0.05, 0.1) is 6.10 Å². The lowest BCUT2D eigenvalue weighted by atomic mass is 9.95. The fourth-order valence-electron chi connectivity index (χ4n) is 2.58. The van der Waals surface area contributed by atoms with Crippen molar-refractivity contribution in [1.29, 1.82) is 0 Å². The molecular formula is C14H28N2O2. The Hall–Kier alpha value is -0.610. The van der Waals surface area contributed by atoms with E-state index in [1.54, 1.807) is 0 Å². The largest absolute Gasteiger partial charge is 0.392 e. The summed E-state index contributed by atoms with van der Waals surface area (Å²) in [6.07, 6.45) is 2.45. The maximum atomic E-state index is 12.2. The minimum Gasteiger partial charge on any atom is -0.392 e. The van der Waals surface area contributed by atoms with Gasteiger partial charge in [-0.05, 0) is 46.2 Å². The molecular weight excluding hydrogens is 228 g/mol. The summed E-state index contributed by atoms with van der Waals surface area (Å²) in [5, 5.41) is 9.63. The molecule has 0 aromatic heterocycles. The summed E-state index contributed by atoms with van der Waals surface area (Å²) in [6, 6.07) is 0. The second-order valence-corrected chi connectivity index (χ2v) is 5.15. The Bertz CT molecular complexity index is 246. The summed E-state index contributed by atoms with van der Waals surface area (Å²) in [4.78, 5) is 16.4. The van der Waals surface area contributed by atoms with Gasteiger partial charge in [0.2, 0.25) is 5.91 Å². The Morgan fingerprint density at radius 2 is 1.83 bits per heavy atom. The molecule has 0 aromatic carbocycles. The van der Waals surface area contributed by atoms with Crippen LogP contribution in [-0.2, 0) is 4.79 Å². The zero-order valence-corrected chi connectivity index (χ0v) is 12.1. The van der Waals surface area contributed by atoms with Gasteiger partial charge in [0.25, 0.3) is 0 Å². The molecule has 18 heavy (non-hydrogen) atoms. The van der Waals surface area contributed by atoms with Crippen molar-refractivity contribution < 1.29 is 9.90 Å². The quantitative estimate of drug-likeness (QED) is 0.780. The fourth-order valence-corrected chi connectivity index (χ4v) is 2.58. The van der Waals surface area contributed by atoms with Gasteiger partial charge in [0, 0.05) is 25.6 Å². The van der Waals surface area contributed by atoms with Crippen molar-refractivity contribution in [2.24, 2.45) is 5.92 Å². The molecule has 106 valence electrons. The predicted octanol–water partition coefficient (Wildman–Crippen LogP) is 1.34. The first-order chi connectivity index (χ1) is 8.62. The number of β-amino-alcohol motifs (C(OH)–C–C–N with tert-alkyl or cyclic N) is 1. The zero-order chi connectivity index (χ0) is 13.5. The van der Waals surface area contributed by atoms with Crippen LogP contribution in [0.4, 0.5) is 0 Å². The van der Waals surface area contributed by atoms with Gasteiger partial charge in [-0.1, -0.05) is 6.92 Å². The lowest BCUT2D eigenvalue weighted by Crippen LogP contribution is -2.44. The number of amides is 1. The Morgan fingerprint density at radius 3 is 2.28 bits per heavy atom. The average molecular weight is 256 g/mol. The summed E-state index contributed by atoms with van der Waals surface area (Å²) < 4.78 is 0. The van der Waals surface area contributed by atoms with Gasteiger partial charge in [0.15, 0.2) is 0 Å². The standard InChI is InChI=1S/C14H28N2O2/c1-4-13(17)11-15-9-7-12(8-10-15)14(18)16(5-2)6-3/h12-13,17H,4-11H2,1-3H3. The highest BCUT2D eigenvalue weighted by Crippen LogP contribution is 2.20. The number of carbonyl (C=O) groups excluding carboxylic acids is 1. The van der Waals surface area contributed by atoms with Crippen LogP contribution in [0.3, 0.4) is 0 Å². The maximum Gasteiger partial charge on any atom is 0.225 e. The van der Waals surface area contributed by atoms with E-state index >= 15 is 0 Å². The molecule has 1 aliphatic heterocycles. The molecule has 1 atom stereocenters. The summed E-state index contributed by atoms with van der Waals surface area (Å²) >= 11 is 0. The summed E-state index contributed by atoms with van der Waals surface area (Å²) in [5.41, 5.74) is 0. The first-order valence-electron chi connectivity index (χ1n) is 7.31. The van der Waals surface area contributed by atoms with Gasteiger partial charge in [0.1, 0.15) is 0 Å². The number of nitrogens with zero attached hydrogens (tertiary/aromatic N) is 2. The molecule has 0 bridgehead atoms. The van der Waals surface area contributed by atoms with Gasteiger partial charge in [-0.3, -0.25) is 4.79 Å². The van der Waals surface area contributed by atoms with Crippen LogP contribution in [-0.4, -0.2) is 59.6 Å². The number of aliphatic hydroxyl groups excluding tert-OH is 1. The maximum absolute atomic E-state index is 12.2. The van der Waals surface area contributed by atoms with E-state index in [1.165, 1.54) is 0 Å². The topological polar surface area (TPSA) is 43.8 Å². The van der Waals surface area contributed by atoms with Crippen molar-refractivity contribution in [3.63, 3.8) is 0 Å². The van der Waals surface area contributed by atoms with Crippen LogP contribution in [0, 0.1) is 5.92 Å². The average Bonchev–Trinajstić information content (AvgIpc) is 2.40. The van der Waals surface area contributed by atoms with E-state index in [4.69, 9.17) is 0 Å². The normalized spacial score (nSPS) is 19.8. The molecule has 1 saturated heterocycles. The van der Waals surface area contributed by atoms with E-state index in [9.17, 15) is 9.90 Å². The molecule has 1 amide bonds. The van der Waals surface area contributed by atoms with Gasteiger partial charge in [-0.15, -0.1) is 0 Å². The summed E-state index contributed by atoms with van der Waals surface area (Å²) in [6.45, 7) is 10.3. The SMILES string of the molecule is CCC(O)CN1CCC(C(=O)N(CC)CC)CC1. The van der Waals surface area contributed by atoms with Crippen molar-refractivity contribution >= 4 is 5.91 Å². The molecule has 1 unspecified atom stereocenters. The van der Waals surface area contributed by atoms with E-state index < -0.39 is 0 Å². The van der Waals surface area contributed by atoms with Crippen molar-refractivity contribution in [2.75, 3.05) is 32.7 Å². The van der Waals surface area contributed by atoms with Crippen LogP contribution in [0.15, 0.2) is 0 Å². The number of rotatable bonds is 6. The van der Waals surface area contributed by atoms with E-state index in [-0.39, 0.29) is 12.0 Å². The van der Waals surface area contributed by atoms with Crippen LogP contribution in [0.1, 0.15) is 40.0 Å². The van der Waals surface area contributed by atoms with E-state index in [2.05, 4.69) is 4.90 Å². The first-order valence-corrected chi connectivity index (χ1v) is 7.31. The molecule has 1 fully saturated rings. The van der Waals surface area contributed by atoms with Crippen molar-refractivity contribution in [3.05, 3.63) is 0 Å². The Kier molecular flexibility index (Phi) is 6.65. The number of carbonyl (C=O) groups is 1. The van der Waals surface area contributed by atoms with Crippen LogP contribution >= 0.6 is 0 Å². The van der Waals surface area contributed by atoms with Gasteiger partial charge in [-0.2, -0.15) is 0 Å². The summed E-state index contributed by atoms with van der Waals surface area (Å²) in [5.74, 6) is 0.510. The molecule has 4 nitrogen and oxygen atoms in total. The third-order valence-electron chi connectivity index (χ3n) is 3.95. The second kappa shape index (κ2) is 7.74. The molecule has 4 heteroatoms. The first kappa shape index (κ1) is 15.4. The van der Waals surface area contributed by atoms with Gasteiger partial charge < -0.3 is 14.9 Å². The van der Waals surface area contributed by atoms with Crippen LogP contribution in [0.25, 0.3) is 0 Å². The molecule has 0 aliphatic carbocycles. The molecule has 1 aliphatic rings. The summed E-state index contributed by atoms with van der Waals surface area (Å²) in [7, 11) is 0. The molecule has 0 spiro atoms. The minimum absolute atomic E-state index is 0.194. The third kappa shape index (κ3) is 4.25. The Labute approximate surface area is 111 Å². The van der Waals surface area contributed by atoms with Crippen LogP contribution in [0.5, 0.6) is 0 Å². The van der Waals surface area contributed by atoms with E-state index in [0.717, 1.165) is 52.0 Å². The molecule has 0 radical (unpaired) electrons. The molecule has 0 aromatic rings. The lowest BCUT2D eigenvalue weighted by Gasteiger charge is -2.34. The van der Waals surface area contributed by atoms with Gasteiger partial charge >= 0.3 is 0 Å². The fraction of sp³-hybridized carbons (Fsp3) is 0.929. The van der Waals surface area contributed by atoms with Crippen molar-refractivity contribution in [2.45, 2.75) is 46.1 Å². The lowest BCUT2D eigenvalue weighted by molar-refractivity contribution is -0.136. The van der Waals surface area contributed by atoms with Crippen LogP contribution < -0.4 is 0 Å². The highest BCUT2D eigenvalue weighted by molar-refractivity contribution is 5.78. The van der Waals surface area contributed by atoms with Crippen molar-refractivity contribution in [1.82, 2.24) is 9.80 Å². The van der Waals surface area contributed by atoms with Crippen LogP contribution in [0.2, 0.25) is 0 Å². The zero-order valence-electron chi connectivity index (χ0n) is 12.1.